The number of amides is 2. The molecule has 1 heterocycles. The lowest BCUT2D eigenvalue weighted by molar-refractivity contribution is 0.0845. The van der Waals surface area contributed by atoms with E-state index in [1.807, 2.05) is 6.92 Å². The number of sulfonamides is 1. The average molecular weight is 452 g/mol. The quantitative estimate of drug-likeness (QED) is 0.618. The average Bonchev–Trinajstić information content (AvgIpc) is 2.72. The summed E-state index contributed by atoms with van der Waals surface area (Å²) in [6.07, 6.45) is 1.72. The van der Waals surface area contributed by atoms with Gasteiger partial charge in [0.15, 0.2) is 0 Å². The van der Waals surface area contributed by atoms with E-state index in [-0.39, 0.29) is 32.7 Å². The van der Waals surface area contributed by atoms with Crippen molar-refractivity contribution in [2.24, 2.45) is 5.92 Å². The number of rotatable bonds is 4. The molecule has 10 heteroatoms. The molecular formula is C20H22ClN3O5S. The standard InChI is InChI=1S/C20H22ClN3O5S/c1-13-5-4-10-24(12-13)30(28,29)18-11-14(8-9-16(18)21)19(26)22-23-20(27)15-6-2-3-7-17(15)25/h2-3,6-9,11,13,25H,4-5,10,12H2,1H3,(H,22,26)(H,23,27). The van der Waals surface area contributed by atoms with Gasteiger partial charge >= 0.3 is 0 Å². The molecule has 0 saturated carbocycles. The number of hydrogen-bond acceptors (Lipinski definition) is 5. The Hall–Kier alpha value is -2.62. The molecule has 2 amide bonds. The molecule has 2 aromatic carbocycles. The molecule has 0 bridgehead atoms. The van der Waals surface area contributed by atoms with E-state index in [0.29, 0.717) is 13.1 Å². The van der Waals surface area contributed by atoms with E-state index in [0.717, 1.165) is 12.8 Å². The minimum Gasteiger partial charge on any atom is -0.507 e. The molecule has 1 fully saturated rings. The summed E-state index contributed by atoms with van der Waals surface area (Å²) in [6.45, 7) is 2.78. The van der Waals surface area contributed by atoms with Crippen LogP contribution in [0.2, 0.25) is 5.02 Å². The SMILES string of the molecule is CC1CCCN(S(=O)(=O)c2cc(C(=O)NNC(=O)c3ccccc3O)ccc2Cl)C1. The van der Waals surface area contributed by atoms with Crippen molar-refractivity contribution in [2.45, 2.75) is 24.7 Å². The Morgan fingerprint density at radius 1 is 1.13 bits per heavy atom. The summed E-state index contributed by atoms with van der Waals surface area (Å²) in [7, 11) is -3.86. The van der Waals surface area contributed by atoms with Crippen molar-refractivity contribution in [3.63, 3.8) is 0 Å². The highest BCUT2D eigenvalue weighted by Gasteiger charge is 2.31. The number of hydrogen-bond donors (Lipinski definition) is 3. The molecule has 30 heavy (non-hydrogen) atoms. The number of phenolic OH excluding ortho intramolecular Hbond substituents is 1. The van der Waals surface area contributed by atoms with Gasteiger partial charge in [-0.3, -0.25) is 20.4 Å². The second-order valence-electron chi connectivity index (χ2n) is 7.18. The van der Waals surface area contributed by atoms with Gasteiger partial charge in [-0.05, 0) is 49.1 Å². The fraction of sp³-hybridized carbons (Fsp3) is 0.300. The number of hydrazine groups is 1. The Morgan fingerprint density at radius 3 is 2.53 bits per heavy atom. The van der Waals surface area contributed by atoms with Crippen molar-refractivity contribution in [2.75, 3.05) is 13.1 Å². The molecule has 3 N–H and O–H groups in total. The van der Waals surface area contributed by atoms with Gasteiger partial charge in [-0.2, -0.15) is 4.31 Å². The second-order valence-corrected chi connectivity index (χ2v) is 9.49. The van der Waals surface area contributed by atoms with Crippen molar-refractivity contribution in [3.8, 4) is 5.75 Å². The number of halogens is 1. The number of aromatic hydroxyl groups is 1. The van der Waals surface area contributed by atoms with Gasteiger partial charge in [0.25, 0.3) is 11.8 Å². The lowest BCUT2D eigenvalue weighted by atomic mass is 10.0. The Labute approximate surface area is 179 Å². The van der Waals surface area contributed by atoms with Crippen LogP contribution in [0.3, 0.4) is 0 Å². The molecule has 1 unspecified atom stereocenters. The molecule has 0 aromatic heterocycles. The molecule has 1 atom stereocenters. The van der Waals surface area contributed by atoms with Crippen molar-refractivity contribution in [1.29, 1.82) is 0 Å². The highest BCUT2D eigenvalue weighted by molar-refractivity contribution is 7.89. The first-order valence-corrected chi connectivity index (χ1v) is 11.2. The predicted molar refractivity (Wildman–Crippen MR) is 112 cm³/mol. The van der Waals surface area contributed by atoms with Crippen LogP contribution in [-0.4, -0.2) is 42.7 Å². The van der Waals surface area contributed by atoms with Crippen LogP contribution in [0.25, 0.3) is 0 Å². The van der Waals surface area contributed by atoms with Crippen molar-refractivity contribution < 1.29 is 23.1 Å². The van der Waals surface area contributed by atoms with E-state index in [9.17, 15) is 23.1 Å². The number of phenols is 1. The van der Waals surface area contributed by atoms with Gasteiger partial charge in [0, 0.05) is 18.7 Å². The molecule has 1 aliphatic rings. The summed E-state index contributed by atoms with van der Waals surface area (Å²) < 4.78 is 27.4. The number of nitrogens with one attached hydrogen (secondary N) is 2. The lowest BCUT2D eigenvalue weighted by Gasteiger charge is -2.30. The molecule has 0 radical (unpaired) electrons. The Kier molecular flexibility index (Phi) is 6.64. The molecular weight excluding hydrogens is 430 g/mol. The maximum absolute atomic E-state index is 13.0. The molecule has 1 aliphatic heterocycles. The van der Waals surface area contributed by atoms with Crippen molar-refractivity contribution in [1.82, 2.24) is 15.2 Å². The summed E-state index contributed by atoms with van der Waals surface area (Å²) in [5, 5.41) is 9.72. The minimum atomic E-state index is -3.86. The second kappa shape index (κ2) is 9.03. The number of benzene rings is 2. The Morgan fingerprint density at radius 2 is 1.83 bits per heavy atom. The lowest BCUT2D eigenvalue weighted by Crippen LogP contribution is -2.42. The summed E-state index contributed by atoms with van der Waals surface area (Å²) in [5.41, 5.74) is 4.39. The maximum Gasteiger partial charge on any atom is 0.273 e. The van der Waals surface area contributed by atoms with Crippen LogP contribution in [0.1, 0.15) is 40.5 Å². The van der Waals surface area contributed by atoms with Gasteiger partial charge in [0.2, 0.25) is 10.0 Å². The molecule has 0 spiro atoms. The van der Waals surface area contributed by atoms with Gasteiger partial charge in [0.05, 0.1) is 10.6 Å². The number of carbonyl (C=O) groups excluding carboxylic acids is 2. The van der Waals surface area contributed by atoms with Crippen LogP contribution in [0.15, 0.2) is 47.4 Å². The molecule has 8 nitrogen and oxygen atoms in total. The fourth-order valence-corrected chi connectivity index (χ4v) is 5.36. The largest absolute Gasteiger partial charge is 0.507 e. The highest BCUT2D eigenvalue weighted by Crippen LogP contribution is 2.29. The first-order valence-electron chi connectivity index (χ1n) is 9.38. The predicted octanol–water partition coefficient (Wildman–Crippen LogP) is 2.54. The first kappa shape index (κ1) is 22.1. The van der Waals surface area contributed by atoms with Crippen LogP contribution < -0.4 is 10.9 Å². The Bertz CT molecular complexity index is 1070. The number of carbonyl (C=O) groups is 2. The third-order valence-corrected chi connectivity index (χ3v) is 7.22. The molecule has 0 aliphatic carbocycles. The maximum atomic E-state index is 13.0. The molecule has 160 valence electrons. The van der Waals surface area contributed by atoms with Crippen molar-refractivity contribution >= 4 is 33.4 Å². The normalized spacial score (nSPS) is 17.3. The van der Waals surface area contributed by atoms with Crippen LogP contribution in [-0.2, 0) is 10.0 Å². The van der Waals surface area contributed by atoms with E-state index in [2.05, 4.69) is 10.9 Å². The van der Waals surface area contributed by atoms with Gasteiger partial charge in [-0.15, -0.1) is 0 Å². The van der Waals surface area contributed by atoms with Gasteiger partial charge < -0.3 is 5.11 Å². The molecule has 1 saturated heterocycles. The fourth-order valence-electron chi connectivity index (χ4n) is 3.26. The van der Waals surface area contributed by atoms with E-state index in [1.165, 1.54) is 34.6 Å². The van der Waals surface area contributed by atoms with E-state index < -0.39 is 21.8 Å². The van der Waals surface area contributed by atoms with Crippen LogP contribution in [0.4, 0.5) is 0 Å². The van der Waals surface area contributed by atoms with Crippen LogP contribution >= 0.6 is 11.6 Å². The molecule has 2 aromatic rings. The zero-order chi connectivity index (χ0) is 21.9. The first-order chi connectivity index (χ1) is 14.2. The summed E-state index contributed by atoms with van der Waals surface area (Å²) >= 11 is 6.13. The molecule has 3 rings (SSSR count). The minimum absolute atomic E-state index is 0.0145. The van der Waals surface area contributed by atoms with E-state index >= 15 is 0 Å². The summed E-state index contributed by atoms with van der Waals surface area (Å²) in [4.78, 5) is 24.4. The topological polar surface area (TPSA) is 116 Å². The number of nitrogens with zero attached hydrogens (tertiary/aromatic N) is 1. The van der Waals surface area contributed by atoms with Gasteiger partial charge in [-0.1, -0.05) is 30.7 Å². The van der Waals surface area contributed by atoms with Crippen LogP contribution in [0, 0.1) is 5.92 Å². The summed E-state index contributed by atoms with van der Waals surface area (Å²) in [6, 6.07) is 9.75. The highest BCUT2D eigenvalue weighted by atomic mass is 35.5. The zero-order valence-electron chi connectivity index (χ0n) is 16.3. The van der Waals surface area contributed by atoms with E-state index in [4.69, 9.17) is 11.6 Å². The number of piperidine rings is 1. The third-order valence-electron chi connectivity index (χ3n) is 4.87. The Balaban J connectivity index is 1.76. The zero-order valence-corrected chi connectivity index (χ0v) is 17.8. The number of para-hydroxylation sites is 1. The smallest absolute Gasteiger partial charge is 0.273 e. The van der Waals surface area contributed by atoms with Crippen LogP contribution in [0.5, 0.6) is 5.75 Å². The van der Waals surface area contributed by atoms with Gasteiger partial charge in [-0.25, -0.2) is 8.42 Å². The van der Waals surface area contributed by atoms with E-state index in [1.54, 1.807) is 12.1 Å². The van der Waals surface area contributed by atoms with Gasteiger partial charge in [0.1, 0.15) is 10.6 Å². The summed E-state index contributed by atoms with van der Waals surface area (Å²) in [5.74, 6) is -1.44. The van der Waals surface area contributed by atoms with Crippen molar-refractivity contribution in [3.05, 3.63) is 58.6 Å². The third kappa shape index (κ3) is 4.75. The monoisotopic (exact) mass is 451 g/mol.